The number of ether oxygens (including phenoxy) is 1. The summed E-state index contributed by atoms with van der Waals surface area (Å²) in [7, 11) is 0. The van der Waals surface area contributed by atoms with Crippen molar-refractivity contribution < 1.29 is 27.8 Å². The van der Waals surface area contributed by atoms with Crippen molar-refractivity contribution in [1.29, 1.82) is 0 Å². The van der Waals surface area contributed by atoms with E-state index in [4.69, 9.17) is 9.84 Å². The average molecular weight is 331 g/mol. The zero-order chi connectivity index (χ0) is 17.0. The maximum absolute atomic E-state index is 12.8. The largest absolute Gasteiger partial charge is 0.446 e. The first-order valence-electron chi connectivity index (χ1n) is 7.58. The Morgan fingerprint density at radius 1 is 1.43 bits per heavy atom. The minimum absolute atomic E-state index is 0.0401. The van der Waals surface area contributed by atoms with Crippen LogP contribution in [0.1, 0.15) is 43.4 Å². The molecule has 0 aromatic heterocycles. The van der Waals surface area contributed by atoms with Gasteiger partial charge in [-0.2, -0.15) is 13.2 Å². The van der Waals surface area contributed by atoms with Crippen LogP contribution in [-0.2, 0) is 10.9 Å². The molecular weight excluding hydrogens is 311 g/mol. The standard InChI is InChI=1S/C16H20F3NO3/c1-11(12-4-2-5-13(10-12)16(17,18)19)20-8-7-14(6-3-9-21)23-15(20)22/h2,4-5,10-11,14,21H,3,6-9H2,1H3. The van der Waals surface area contributed by atoms with E-state index in [0.717, 1.165) is 12.1 Å². The number of halogens is 3. The topological polar surface area (TPSA) is 49.8 Å². The van der Waals surface area contributed by atoms with Gasteiger partial charge in [0, 0.05) is 19.6 Å². The van der Waals surface area contributed by atoms with Gasteiger partial charge in [-0.15, -0.1) is 0 Å². The molecule has 1 amide bonds. The van der Waals surface area contributed by atoms with Crippen LogP contribution in [0.5, 0.6) is 0 Å². The van der Waals surface area contributed by atoms with Crippen molar-refractivity contribution in [3.8, 4) is 0 Å². The van der Waals surface area contributed by atoms with E-state index in [-0.39, 0.29) is 12.7 Å². The SMILES string of the molecule is CC(c1cccc(C(F)(F)F)c1)N1CCC(CCCO)OC1=O. The smallest absolute Gasteiger partial charge is 0.416 e. The van der Waals surface area contributed by atoms with Crippen LogP contribution < -0.4 is 0 Å². The second-order valence-electron chi connectivity index (χ2n) is 5.65. The summed E-state index contributed by atoms with van der Waals surface area (Å²) >= 11 is 0. The highest BCUT2D eigenvalue weighted by molar-refractivity contribution is 5.69. The quantitative estimate of drug-likeness (QED) is 0.894. The fourth-order valence-corrected chi connectivity index (χ4v) is 2.67. The highest BCUT2D eigenvalue weighted by Gasteiger charge is 2.33. The molecule has 0 bridgehead atoms. The molecule has 1 aromatic rings. The Kier molecular flexibility index (Phi) is 5.51. The van der Waals surface area contributed by atoms with Crippen molar-refractivity contribution in [1.82, 2.24) is 4.90 Å². The first-order chi connectivity index (χ1) is 10.8. The van der Waals surface area contributed by atoms with E-state index in [2.05, 4.69) is 0 Å². The third kappa shape index (κ3) is 4.37. The molecule has 0 spiro atoms. The number of alkyl halides is 3. The summed E-state index contributed by atoms with van der Waals surface area (Å²) in [6.45, 7) is 2.15. The van der Waals surface area contributed by atoms with Crippen molar-refractivity contribution in [2.75, 3.05) is 13.2 Å². The number of carbonyl (C=O) groups is 1. The van der Waals surface area contributed by atoms with Crippen LogP contribution in [0.4, 0.5) is 18.0 Å². The summed E-state index contributed by atoms with van der Waals surface area (Å²) in [5, 5.41) is 8.80. The van der Waals surface area contributed by atoms with Crippen molar-refractivity contribution in [3.63, 3.8) is 0 Å². The number of carbonyl (C=O) groups excluding carboxylic acids is 1. The summed E-state index contributed by atoms with van der Waals surface area (Å²) in [6, 6.07) is 4.49. The van der Waals surface area contributed by atoms with Crippen molar-refractivity contribution >= 4 is 6.09 Å². The number of benzene rings is 1. The number of nitrogens with zero attached hydrogens (tertiary/aromatic N) is 1. The molecule has 2 rings (SSSR count). The molecule has 23 heavy (non-hydrogen) atoms. The van der Waals surface area contributed by atoms with Gasteiger partial charge < -0.3 is 14.7 Å². The molecule has 1 N–H and O–H groups in total. The molecule has 1 aromatic carbocycles. The van der Waals surface area contributed by atoms with Crippen LogP contribution in [0.15, 0.2) is 24.3 Å². The molecule has 2 atom stereocenters. The average Bonchev–Trinajstić information content (AvgIpc) is 2.51. The van der Waals surface area contributed by atoms with E-state index < -0.39 is 23.9 Å². The van der Waals surface area contributed by atoms with Gasteiger partial charge in [0.1, 0.15) is 6.10 Å². The van der Waals surface area contributed by atoms with Gasteiger partial charge in [-0.05, 0) is 37.5 Å². The second kappa shape index (κ2) is 7.21. The molecule has 1 fully saturated rings. The third-order valence-electron chi connectivity index (χ3n) is 4.04. The van der Waals surface area contributed by atoms with E-state index in [0.29, 0.717) is 31.4 Å². The molecule has 7 heteroatoms. The lowest BCUT2D eigenvalue weighted by atomic mass is 10.0. The van der Waals surface area contributed by atoms with E-state index >= 15 is 0 Å². The molecular formula is C16H20F3NO3. The van der Waals surface area contributed by atoms with Gasteiger partial charge in [0.25, 0.3) is 0 Å². The normalized spacial score (nSPS) is 20.3. The molecule has 0 radical (unpaired) electrons. The van der Waals surface area contributed by atoms with Crippen LogP contribution in [0, 0.1) is 0 Å². The Morgan fingerprint density at radius 2 is 2.17 bits per heavy atom. The number of cyclic esters (lactones) is 1. The van der Waals surface area contributed by atoms with Gasteiger partial charge in [0.05, 0.1) is 11.6 Å². The van der Waals surface area contributed by atoms with Crippen molar-refractivity contribution in [2.45, 2.75) is 44.5 Å². The van der Waals surface area contributed by atoms with Gasteiger partial charge in [-0.25, -0.2) is 4.79 Å². The van der Waals surface area contributed by atoms with Crippen LogP contribution in [0.2, 0.25) is 0 Å². The Hall–Kier alpha value is -1.76. The molecule has 1 aliphatic heterocycles. The number of aliphatic hydroxyl groups is 1. The summed E-state index contributed by atoms with van der Waals surface area (Å²) in [4.78, 5) is 13.5. The van der Waals surface area contributed by atoms with Crippen LogP contribution in [0.3, 0.4) is 0 Å². The predicted octanol–water partition coefficient (Wildman–Crippen LogP) is 3.75. The number of hydrogen-bond acceptors (Lipinski definition) is 3. The fourth-order valence-electron chi connectivity index (χ4n) is 2.67. The Labute approximate surface area is 132 Å². The Morgan fingerprint density at radius 3 is 2.78 bits per heavy atom. The van der Waals surface area contributed by atoms with Gasteiger partial charge >= 0.3 is 12.3 Å². The minimum atomic E-state index is -4.41. The fraction of sp³-hybridized carbons (Fsp3) is 0.562. The molecule has 2 unspecified atom stereocenters. The predicted molar refractivity (Wildman–Crippen MR) is 77.8 cm³/mol. The summed E-state index contributed by atoms with van der Waals surface area (Å²) in [5.74, 6) is 0. The third-order valence-corrected chi connectivity index (χ3v) is 4.04. The lowest BCUT2D eigenvalue weighted by Gasteiger charge is -2.36. The van der Waals surface area contributed by atoms with Gasteiger partial charge in [0.15, 0.2) is 0 Å². The molecule has 0 aliphatic carbocycles. The highest BCUT2D eigenvalue weighted by atomic mass is 19.4. The minimum Gasteiger partial charge on any atom is -0.446 e. The van der Waals surface area contributed by atoms with E-state index in [9.17, 15) is 18.0 Å². The Bertz CT molecular complexity index is 548. The number of rotatable bonds is 5. The molecule has 1 aliphatic rings. The second-order valence-corrected chi connectivity index (χ2v) is 5.65. The number of hydrogen-bond donors (Lipinski definition) is 1. The molecule has 1 saturated heterocycles. The zero-order valence-electron chi connectivity index (χ0n) is 12.8. The summed E-state index contributed by atoms with van der Waals surface area (Å²) < 4.78 is 43.7. The van der Waals surface area contributed by atoms with Crippen LogP contribution in [-0.4, -0.2) is 35.4 Å². The number of amides is 1. The van der Waals surface area contributed by atoms with Crippen LogP contribution >= 0.6 is 0 Å². The zero-order valence-corrected chi connectivity index (χ0v) is 12.8. The maximum atomic E-state index is 12.8. The van der Waals surface area contributed by atoms with Crippen molar-refractivity contribution in [2.24, 2.45) is 0 Å². The van der Waals surface area contributed by atoms with E-state index in [1.54, 1.807) is 13.0 Å². The summed E-state index contributed by atoms with van der Waals surface area (Å²) in [6.07, 6.45) is -3.42. The first-order valence-corrected chi connectivity index (χ1v) is 7.58. The molecule has 4 nitrogen and oxygen atoms in total. The van der Waals surface area contributed by atoms with Gasteiger partial charge in [-0.1, -0.05) is 12.1 Å². The lowest BCUT2D eigenvalue weighted by Crippen LogP contribution is -2.43. The van der Waals surface area contributed by atoms with Gasteiger partial charge in [-0.3, -0.25) is 0 Å². The molecule has 0 saturated carbocycles. The number of aliphatic hydroxyl groups excluding tert-OH is 1. The van der Waals surface area contributed by atoms with Crippen molar-refractivity contribution in [3.05, 3.63) is 35.4 Å². The monoisotopic (exact) mass is 331 g/mol. The first kappa shape index (κ1) is 17.6. The Balaban J connectivity index is 2.06. The van der Waals surface area contributed by atoms with Gasteiger partial charge in [0.2, 0.25) is 0 Å². The lowest BCUT2D eigenvalue weighted by molar-refractivity contribution is -0.137. The summed E-state index contributed by atoms with van der Waals surface area (Å²) in [5.41, 5.74) is -0.307. The van der Waals surface area contributed by atoms with E-state index in [1.165, 1.54) is 11.0 Å². The van der Waals surface area contributed by atoms with Crippen LogP contribution in [0.25, 0.3) is 0 Å². The molecule has 1 heterocycles. The molecule has 128 valence electrons. The van der Waals surface area contributed by atoms with E-state index in [1.807, 2.05) is 0 Å². The highest BCUT2D eigenvalue weighted by Crippen LogP contribution is 2.33. The maximum Gasteiger partial charge on any atom is 0.416 e.